The lowest BCUT2D eigenvalue weighted by Crippen LogP contribution is -2.70. The number of aromatic nitrogens is 3. The second-order valence-electron chi connectivity index (χ2n) is 16.2. The van der Waals surface area contributed by atoms with Gasteiger partial charge in [-0.05, 0) is 80.0 Å². The Morgan fingerprint density at radius 2 is 1.71 bits per heavy atom. The van der Waals surface area contributed by atoms with Crippen molar-refractivity contribution in [3.05, 3.63) is 74.1 Å². The maximum absolute atomic E-state index is 16.4. The van der Waals surface area contributed by atoms with Gasteiger partial charge in [0.05, 0.1) is 60.1 Å². The number of carbonyl (C=O) groups excluding carboxylic acids is 2. The number of nitrogens with zero attached hydrogens (tertiary/aromatic N) is 6. The van der Waals surface area contributed by atoms with Crippen molar-refractivity contribution >= 4 is 34.7 Å². The molecule has 1 N–H and O–H groups in total. The number of halogens is 2. The third-order valence-electron chi connectivity index (χ3n) is 12.8. The van der Waals surface area contributed by atoms with Crippen LogP contribution in [0.25, 0.3) is 22.2 Å². The molecule has 1 aliphatic carbocycles. The highest BCUT2D eigenvalue weighted by Gasteiger charge is 2.62. The highest BCUT2D eigenvalue weighted by molar-refractivity contribution is 6.00. The Morgan fingerprint density at radius 3 is 2.38 bits per heavy atom. The predicted molar refractivity (Wildman–Crippen MR) is 206 cm³/mol. The fourth-order valence-corrected chi connectivity index (χ4v) is 9.48. The molecule has 2 aromatic heterocycles. The number of ether oxygens (including phenoxy) is 2. The van der Waals surface area contributed by atoms with Crippen LogP contribution in [0.2, 0.25) is 0 Å². The van der Waals surface area contributed by atoms with Crippen LogP contribution in [0.4, 0.5) is 14.5 Å². The fraction of sp³-hybridized carbons (Fsp3) is 0.488. The van der Waals surface area contributed by atoms with Crippen molar-refractivity contribution in [2.24, 2.45) is 30.4 Å². The molecule has 2 unspecified atom stereocenters. The molecule has 0 radical (unpaired) electrons. The van der Waals surface area contributed by atoms with Crippen molar-refractivity contribution in [3.63, 3.8) is 0 Å². The van der Waals surface area contributed by atoms with Gasteiger partial charge in [0.1, 0.15) is 17.5 Å². The van der Waals surface area contributed by atoms with E-state index >= 15 is 8.78 Å². The monoisotopic (exact) mass is 769 g/mol. The molecule has 4 fully saturated rings. The summed E-state index contributed by atoms with van der Waals surface area (Å²) in [5, 5.41) is 2.32. The van der Waals surface area contributed by atoms with E-state index in [1.54, 1.807) is 56.1 Å². The van der Waals surface area contributed by atoms with Gasteiger partial charge in [-0.3, -0.25) is 38.7 Å². The molecular weight excluding hydrogens is 724 g/mol. The Bertz CT molecular complexity index is 2430. The van der Waals surface area contributed by atoms with Gasteiger partial charge in [0.2, 0.25) is 11.8 Å². The van der Waals surface area contributed by atoms with Gasteiger partial charge in [0.15, 0.2) is 0 Å². The van der Waals surface area contributed by atoms with Gasteiger partial charge < -0.3 is 18.9 Å². The molecule has 1 saturated carbocycles. The Labute approximate surface area is 321 Å². The van der Waals surface area contributed by atoms with Crippen molar-refractivity contribution in [1.29, 1.82) is 0 Å². The number of likely N-dealkylation sites (tertiary alicyclic amines) is 1. The van der Waals surface area contributed by atoms with Gasteiger partial charge in [-0.15, -0.1) is 0 Å². The van der Waals surface area contributed by atoms with Crippen LogP contribution >= 0.6 is 0 Å². The number of imide groups is 1. The lowest BCUT2D eigenvalue weighted by Gasteiger charge is -2.58. The van der Waals surface area contributed by atoms with E-state index in [1.807, 2.05) is 29.3 Å². The number of hydrogen-bond acceptors (Lipinski definition) is 9. The number of benzene rings is 2. The third kappa shape index (κ3) is 5.67. The quantitative estimate of drug-likeness (QED) is 0.268. The summed E-state index contributed by atoms with van der Waals surface area (Å²) in [4.78, 5) is 59.4. The molecule has 13 nitrogen and oxygen atoms in total. The first kappa shape index (κ1) is 36.3. The molecule has 2 atom stereocenters. The zero-order valence-electron chi connectivity index (χ0n) is 31.9. The van der Waals surface area contributed by atoms with E-state index in [1.165, 1.54) is 9.13 Å². The molecule has 0 bridgehead atoms. The summed E-state index contributed by atoms with van der Waals surface area (Å²) >= 11 is 0. The first-order valence-electron chi connectivity index (χ1n) is 19.2. The van der Waals surface area contributed by atoms with E-state index in [-0.39, 0.29) is 56.4 Å². The predicted octanol–water partition coefficient (Wildman–Crippen LogP) is 3.80. The van der Waals surface area contributed by atoms with E-state index in [9.17, 15) is 19.2 Å². The number of methoxy groups -OCH3 is 2. The number of nitrogens with one attached hydrogen (secondary N) is 1. The summed E-state index contributed by atoms with van der Waals surface area (Å²) in [6.07, 6.45) is 7.13. The van der Waals surface area contributed by atoms with Gasteiger partial charge in [-0.25, -0.2) is 13.6 Å². The Hall–Kier alpha value is -5.31. The van der Waals surface area contributed by atoms with Crippen LogP contribution in [0.15, 0.2) is 51.1 Å². The molecule has 4 aromatic rings. The number of pyridine rings is 1. The molecule has 4 aliphatic heterocycles. The number of fused-ring (bicyclic) bond motifs is 2. The van der Waals surface area contributed by atoms with Crippen LogP contribution in [-0.4, -0.2) is 89.0 Å². The second kappa shape index (κ2) is 13.1. The number of piperidine rings is 2. The molecule has 1 spiro atoms. The summed E-state index contributed by atoms with van der Waals surface area (Å²) in [6.45, 7) is 0.408. The lowest BCUT2D eigenvalue weighted by molar-refractivity contribution is -0.181. The van der Waals surface area contributed by atoms with E-state index < -0.39 is 35.5 Å². The average Bonchev–Trinajstić information content (AvgIpc) is 3.98. The zero-order valence-corrected chi connectivity index (χ0v) is 31.9. The summed E-state index contributed by atoms with van der Waals surface area (Å²) in [7, 11) is 6.46. The number of amides is 2. The molecule has 15 heteroatoms. The number of aliphatic imine (C=N–C) groups is 1. The number of para-hydroxylation sites is 1. The number of aryl methyl sites for hydroxylation is 2. The minimum Gasteiger partial charge on any atom is -0.496 e. The van der Waals surface area contributed by atoms with E-state index in [2.05, 4.69) is 5.32 Å². The number of hydrogen-bond donors (Lipinski definition) is 1. The van der Waals surface area contributed by atoms with Crippen LogP contribution in [-0.2, 0) is 36.6 Å². The number of alkyl halides is 2. The zero-order chi connectivity index (χ0) is 39.3. The molecule has 56 heavy (non-hydrogen) atoms. The number of imidazole rings is 1. The second-order valence-corrected chi connectivity index (χ2v) is 16.2. The molecule has 5 aliphatic rings. The maximum atomic E-state index is 16.4. The summed E-state index contributed by atoms with van der Waals surface area (Å²) in [5.41, 5.74) is 3.92. The van der Waals surface area contributed by atoms with Crippen LogP contribution in [0, 0.1) is 11.3 Å². The molecular formula is C41H45F2N7O6. The molecule has 294 valence electrons. The Kier molecular flexibility index (Phi) is 8.52. The first-order chi connectivity index (χ1) is 26.8. The third-order valence-corrected chi connectivity index (χ3v) is 12.8. The number of carbonyl (C=O) groups is 2. The van der Waals surface area contributed by atoms with Crippen LogP contribution < -0.4 is 30.9 Å². The average molecular weight is 770 g/mol. The molecule has 2 aromatic carbocycles. The smallest absolute Gasteiger partial charge is 0.329 e. The van der Waals surface area contributed by atoms with Crippen LogP contribution in [0.1, 0.15) is 54.8 Å². The van der Waals surface area contributed by atoms with E-state index in [0.29, 0.717) is 58.2 Å². The lowest BCUT2D eigenvalue weighted by atomic mass is 9.68. The van der Waals surface area contributed by atoms with Crippen molar-refractivity contribution in [3.8, 4) is 22.6 Å². The fourth-order valence-electron chi connectivity index (χ4n) is 9.48. The first-order valence-corrected chi connectivity index (χ1v) is 19.2. The topological polar surface area (TPSA) is 132 Å². The van der Waals surface area contributed by atoms with Gasteiger partial charge in [0, 0.05) is 58.1 Å². The van der Waals surface area contributed by atoms with Crippen LogP contribution in [0.5, 0.6) is 11.5 Å². The molecule has 9 rings (SSSR count). The summed E-state index contributed by atoms with van der Waals surface area (Å²) in [6, 6.07) is 8.47. The molecule has 3 saturated heterocycles. The highest BCUT2D eigenvalue weighted by atomic mass is 19.3. The van der Waals surface area contributed by atoms with Crippen molar-refractivity contribution in [2.45, 2.75) is 63.1 Å². The minimum absolute atomic E-state index is 0.0952. The van der Waals surface area contributed by atoms with Gasteiger partial charge in [-0.2, -0.15) is 0 Å². The minimum atomic E-state index is -3.02. The largest absolute Gasteiger partial charge is 0.496 e. The van der Waals surface area contributed by atoms with Crippen molar-refractivity contribution < 1.29 is 27.8 Å². The van der Waals surface area contributed by atoms with Gasteiger partial charge in [0.25, 0.3) is 11.5 Å². The number of rotatable bonds is 8. The Morgan fingerprint density at radius 1 is 0.982 bits per heavy atom. The van der Waals surface area contributed by atoms with Crippen LogP contribution in [0.3, 0.4) is 0 Å². The van der Waals surface area contributed by atoms with Crippen molar-refractivity contribution in [2.75, 3.05) is 45.3 Å². The maximum Gasteiger partial charge on any atom is 0.329 e. The van der Waals surface area contributed by atoms with Crippen molar-refractivity contribution in [1.82, 2.24) is 23.9 Å². The normalized spacial score (nSPS) is 22.9. The molecule has 2 amide bonds. The summed E-state index contributed by atoms with van der Waals surface area (Å²) in [5.74, 6) is -2.34. The van der Waals surface area contributed by atoms with Gasteiger partial charge >= 0.3 is 5.69 Å². The Balaban J connectivity index is 0.950. The highest BCUT2D eigenvalue weighted by Crippen LogP contribution is 2.52. The van der Waals surface area contributed by atoms with E-state index in [4.69, 9.17) is 14.5 Å². The molecule has 6 heterocycles. The number of anilines is 1. The van der Waals surface area contributed by atoms with Gasteiger partial charge in [-0.1, -0.05) is 6.07 Å². The van der Waals surface area contributed by atoms with E-state index in [0.717, 1.165) is 29.5 Å². The summed E-state index contributed by atoms with van der Waals surface area (Å²) < 4.78 is 49.0. The SMILES string of the molecule is COc1cc(-c2cn(C)c(=O)c3c2CC(C2CC2)N=C3)cc(OC)c1CN1CCC2(CN(c3cccc4c3n(C)c(=O)n4C3CCC(=O)NC3=O)C2)C(F)(F)C1. The standard InChI is InChI=1S/C41H45F2N7O6/c1-46-18-27(25-16-29(23-8-9-23)44-17-26(25)38(46)53)24-14-33(55-3)28(34(15-24)56-4)19-48-13-12-40(41(42,43)22-48)20-49(21-40)30-6-5-7-31-36(30)47(2)39(54)50(31)32-10-11-35(51)45-37(32)52/h5-7,14-15,17-18,23,29,32H,8-13,16,19-22H2,1-4H3,(H,45,51,52).